The van der Waals surface area contributed by atoms with Crippen molar-refractivity contribution in [3.8, 4) is 22.5 Å². The fourth-order valence-electron chi connectivity index (χ4n) is 4.03. The van der Waals surface area contributed by atoms with Gasteiger partial charge in [0.25, 0.3) is 0 Å². The first-order chi connectivity index (χ1) is 15.7. The lowest BCUT2D eigenvalue weighted by molar-refractivity contribution is -0.141. The second-order valence-corrected chi connectivity index (χ2v) is 7.77. The van der Waals surface area contributed by atoms with E-state index in [2.05, 4.69) is 40.3 Å². The van der Waals surface area contributed by atoms with Gasteiger partial charge in [-0.3, -0.25) is 9.48 Å². The highest BCUT2D eigenvalue weighted by Gasteiger charge is 2.27. The van der Waals surface area contributed by atoms with Gasteiger partial charge in [0.05, 0.1) is 24.0 Å². The first-order valence-corrected chi connectivity index (χ1v) is 11.0. The third kappa shape index (κ3) is 4.99. The first-order valence-electron chi connectivity index (χ1n) is 11.0. The molecule has 0 spiro atoms. The second kappa shape index (κ2) is 10.1. The van der Waals surface area contributed by atoms with E-state index in [4.69, 9.17) is 9.84 Å². The number of benzene rings is 2. The van der Waals surface area contributed by atoms with Gasteiger partial charge in [-0.15, -0.1) is 0 Å². The molecule has 32 heavy (non-hydrogen) atoms. The quantitative estimate of drug-likeness (QED) is 0.595. The van der Waals surface area contributed by atoms with Gasteiger partial charge in [0.1, 0.15) is 6.54 Å². The number of nitrogens with zero attached hydrogens (tertiary/aromatic N) is 3. The lowest BCUT2D eigenvalue weighted by Gasteiger charge is -2.32. The van der Waals surface area contributed by atoms with Gasteiger partial charge in [0.15, 0.2) is 0 Å². The Balaban J connectivity index is 1.48. The summed E-state index contributed by atoms with van der Waals surface area (Å²) in [4.78, 5) is 25.7. The SMILES string of the molecule is CCOC(=O)CNC(=O)N1CCC(n2nc(-c3ccccc3)cc2-c2ccccc2)CC1. The molecule has 2 heterocycles. The minimum absolute atomic E-state index is 0.107. The van der Waals surface area contributed by atoms with Crippen LogP contribution in [-0.2, 0) is 9.53 Å². The molecule has 0 bridgehead atoms. The molecule has 0 saturated carbocycles. The first kappa shape index (κ1) is 21.6. The van der Waals surface area contributed by atoms with Crippen LogP contribution in [0, 0.1) is 0 Å². The normalized spacial score (nSPS) is 14.2. The number of rotatable bonds is 6. The van der Waals surface area contributed by atoms with Crippen molar-refractivity contribution < 1.29 is 14.3 Å². The maximum absolute atomic E-state index is 12.4. The summed E-state index contributed by atoms with van der Waals surface area (Å²) in [5.74, 6) is -0.423. The van der Waals surface area contributed by atoms with Crippen molar-refractivity contribution in [1.82, 2.24) is 20.0 Å². The van der Waals surface area contributed by atoms with Crippen LogP contribution in [0.15, 0.2) is 66.7 Å². The van der Waals surface area contributed by atoms with Gasteiger partial charge in [-0.2, -0.15) is 5.10 Å². The summed E-state index contributed by atoms with van der Waals surface area (Å²) in [7, 11) is 0. The average molecular weight is 433 g/mol. The molecule has 7 nitrogen and oxygen atoms in total. The molecule has 1 aliphatic heterocycles. The summed E-state index contributed by atoms with van der Waals surface area (Å²) in [5, 5.41) is 7.61. The predicted octanol–water partition coefficient (Wildman–Crippen LogP) is 4.13. The Labute approximate surface area is 188 Å². The summed E-state index contributed by atoms with van der Waals surface area (Å²) in [5.41, 5.74) is 4.23. The van der Waals surface area contributed by atoms with Crippen LogP contribution >= 0.6 is 0 Å². The molecule has 2 amide bonds. The molecule has 0 unspecified atom stereocenters. The van der Waals surface area contributed by atoms with Crippen molar-refractivity contribution in [3.05, 3.63) is 66.7 Å². The summed E-state index contributed by atoms with van der Waals surface area (Å²) in [6, 6.07) is 22.5. The molecule has 1 aliphatic rings. The van der Waals surface area contributed by atoms with E-state index in [-0.39, 0.29) is 18.6 Å². The van der Waals surface area contributed by atoms with Crippen LogP contribution in [0.1, 0.15) is 25.8 Å². The molecular weight excluding hydrogens is 404 g/mol. The van der Waals surface area contributed by atoms with Crippen LogP contribution in [0.3, 0.4) is 0 Å². The van der Waals surface area contributed by atoms with Gasteiger partial charge < -0.3 is 15.0 Å². The number of urea groups is 1. The molecule has 0 atom stereocenters. The van der Waals surface area contributed by atoms with Crippen LogP contribution in [0.25, 0.3) is 22.5 Å². The van der Waals surface area contributed by atoms with Crippen molar-refractivity contribution in [1.29, 1.82) is 0 Å². The molecule has 1 N–H and O–H groups in total. The summed E-state index contributed by atoms with van der Waals surface area (Å²) in [6.07, 6.45) is 1.59. The Morgan fingerprint density at radius 3 is 2.25 bits per heavy atom. The van der Waals surface area contributed by atoms with E-state index >= 15 is 0 Å². The average Bonchev–Trinajstić information content (AvgIpc) is 3.29. The van der Waals surface area contributed by atoms with Gasteiger partial charge in [-0.1, -0.05) is 60.7 Å². The predicted molar refractivity (Wildman–Crippen MR) is 123 cm³/mol. The largest absolute Gasteiger partial charge is 0.465 e. The minimum atomic E-state index is -0.423. The lowest BCUT2D eigenvalue weighted by Crippen LogP contribution is -2.46. The van der Waals surface area contributed by atoms with Crippen LogP contribution in [0.4, 0.5) is 4.79 Å². The maximum atomic E-state index is 12.4. The Morgan fingerprint density at radius 2 is 1.62 bits per heavy atom. The number of piperidine rings is 1. The van der Waals surface area contributed by atoms with Gasteiger partial charge in [0, 0.05) is 18.7 Å². The number of nitrogens with one attached hydrogen (secondary N) is 1. The van der Waals surface area contributed by atoms with Crippen molar-refractivity contribution in [2.75, 3.05) is 26.2 Å². The number of esters is 1. The highest BCUT2D eigenvalue weighted by Crippen LogP contribution is 2.32. The molecule has 166 valence electrons. The minimum Gasteiger partial charge on any atom is -0.465 e. The number of carbonyl (C=O) groups excluding carboxylic acids is 2. The molecule has 1 saturated heterocycles. The molecule has 3 aromatic rings. The molecule has 1 fully saturated rings. The molecule has 1 aromatic heterocycles. The number of hydrogen-bond acceptors (Lipinski definition) is 4. The van der Waals surface area contributed by atoms with E-state index in [1.54, 1.807) is 11.8 Å². The number of hydrogen-bond donors (Lipinski definition) is 1. The zero-order chi connectivity index (χ0) is 22.3. The Morgan fingerprint density at radius 1 is 1.00 bits per heavy atom. The molecule has 0 aliphatic carbocycles. The number of carbonyl (C=O) groups is 2. The number of aromatic nitrogens is 2. The summed E-state index contributed by atoms with van der Waals surface area (Å²) >= 11 is 0. The second-order valence-electron chi connectivity index (χ2n) is 7.77. The zero-order valence-electron chi connectivity index (χ0n) is 18.2. The molecule has 0 radical (unpaired) electrons. The van der Waals surface area contributed by atoms with Crippen molar-refractivity contribution in [2.45, 2.75) is 25.8 Å². The molecule has 7 heteroatoms. The van der Waals surface area contributed by atoms with Gasteiger partial charge in [-0.05, 0) is 31.4 Å². The number of amides is 2. The van der Waals surface area contributed by atoms with Crippen molar-refractivity contribution >= 4 is 12.0 Å². The topological polar surface area (TPSA) is 76.5 Å². The third-order valence-electron chi connectivity index (χ3n) is 5.66. The van der Waals surface area contributed by atoms with Gasteiger partial charge in [0.2, 0.25) is 0 Å². The maximum Gasteiger partial charge on any atom is 0.325 e. The highest BCUT2D eigenvalue weighted by molar-refractivity contribution is 5.80. The van der Waals surface area contributed by atoms with Crippen molar-refractivity contribution in [2.24, 2.45) is 0 Å². The highest BCUT2D eigenvalue weighted by atomic mass is 16.5. The fourth-order valence-corrected chi connectivity index (χ4v) is 4.03. The van der Waals surface area contributed by atoms with Crippen LogP contribution in [0.2, 0.25) is 0 Å². The van der Waals surface area contributed by atoms with E-state index < -0.39 is 5.97 Å². The zero-order valence-corrected chi connectivity index (χ0v) is 18.2. The molecule has 4 rings (SSSR count). The summed E-state index contributed by atoms with van der Waals surface area (Å²) < 4.78 is 6.98. The Kier molecular flexibility index (Phi) is 6.84. The smallest absolute Gasteiger partial charge is 0.325 e. The lowest BCUT2D eigenvalue weighted by atomic mass is 10.0. The fraction of sp³-hybridized carbons (Fsp3) is 0.320. The monoisotopic (exact) mass is 432 g/mol. The van der Waals surface area contributed by atoms with E-state index in [9.17, 15) is 9.59 Å². The van der Waals surface area contributed by atoms with Gasteiger partial charge >= 0.3 is 12.0 Å². The van der Waals surface area contributed by atoms with Crippen LogP contribution in [0.5, 0.6) is 0 Å². The summed E-state index contributed by atoms with van der Waals surface area (Å²) in [6.45, 7) is 3.15. The van der Waals surface area contributed by atoms with Gasteiger partial charge in [-0.25, -0.2) is 4.79 Å². The van der Waals surface area contributed by atoms with Crippen molar-refractivity contribution in [3.63, 3.8) is 0 Å². The Bertz CT molecular complexity index is 1040. The number of ether oxygens (including phenoxy) is 1. The van der Waals surface area contributed by atoms with E-state index in [1.807, 2.05) is 36.4 Å². The molecular formula is C25H28N4O3. The third-order valence-corrected chi connectivity index (χ3v) is 5.66. The number of likely N-dealkylation sites (tertiary alicyclic amines) is 1. The van der Waals surface area contributed by atoms with E-state index in [0.717, 1.165) is 35.4 Å². The van der Waals surface area contributed by atoms with Crippen LogP contribution in [-0.4, -0.2) is 52.9 Å². The molecule has 2 aromatic carbocycles. The Hall–Kier alpha value is -3.61. The van der Waals surface area contributed by atoms with E-state index in [0.29, 0.717) is 19.7 Å². The van der Waals surface area contributed by atoms with Crippen LogP contribution < -0.4 is 5.32 Å². The standard InChI is InChI=1S/C25H28N4O3/c1-2-32-24(30)18-26-25(31)28-15-13-21(14-16-28)29-23(20-11-7-4-8-12-20)17-22(27-29)19-9-5-3-6-10-19/h3-12,17,21H,2,13-16,18H2,1H3,(H,26,31). The van der Waals surface area contributed by atoms with E-state index in [1.165, 1.54) is 0 Å².